The zero-order valence-corrected chi connectivity index (χ0v) is 25.3. The lowest BCUT2D eigenvalue weighted by atomic mass is 10.0. The second-order valence-corrected chi connectivity index (χ2v) is 11.6. The normalized spacial score (nSPS) is 11.4. The number of fused-ring (bicyclic) bond motifs is 4. The molecule has 5 heterocycles. The number of nitrogens with zero attached hydrogens (tertiary/aromatic N) is 5. The van der Waals surface area contributed by atoms with Crippen LogP contribution < -0.4 is 0 Å². The van der Waals surface area contributed by atoms with Gasteiger partial charge in [0.25, 0.3) is 0 Å². The maximum absolute atomic E-state index is 5.04. The third-order valence-corrected chi connectivity index (χ3v) is 8.76. The minimum atomic E-state index is 0.899. The highest BCUT2D eigenvalue weighted by atomic mass is 15.0. The summed E-state index contributed by atoms with van der Waals surface area (Å²) in [5, 5.41) is 4.78. The first-order valence-corrected chi connectivity index (χ1v) is 15.6. The Bertz CT molecular complexity index is 2430. The van der Waals surface area contributed by atoms with Gasteiger partial charge in [0.05, 0.1) is 33.8 Å². The van der Waals surface area contributed by atoms with Gasteiger partial charge in [0.2, 0.25) is 0 Å². The van der Waals surface area contributed by atoms with E-state index in [0.717, 1.165) is 61.8 Å². The Morgan fingerprint density at radius 2 is 0.915 bits per heavy atom. The van der Waals surface area contributed by atoms with Crippen molar-refractivity contribution in [3.05, 3.63) is 164 Å². The number of hydrogen-bond donors (Lipinski definition) is 0. The van der Waals surface area contributed by atoms with Crippen LogP contribution in [0.15, 0.2) is 164 Å². The van der Waals surface area contributed by atoms with Gasteiger partial charge in [-0.1, -0.05) is 66.7 Å². The Morgan fingerprint density at radius 3 is 1.45 bits per heavy atom. The Balaban J connectivity index is 1.25. The molecule has 0 bridgehead atoms. The summed E-state index contributed by atoms with van der Waals surface area (Å²) in [6.45, 7) is 0. The van der Waals surface area contributed by atoms with Gasteiger partial charge in [0.1, 0.15) is 0 Å². The SMILES string of the molecule is c1cncc(-c2cccc(-c3ccc4c5ccc(-c6cccc(-c7cccnc7)n6)cc5n(-c5ccc6ccccc6c5)c4c3)n2)c1. The third-order valence-electron chi connectivity index (χ3n) is 8.76. The second-order valence-electron chi connectivity index (χ2n) is 11.6. The van der Waals surface area contributed by atoms with Gasteiger partial charge < -0.3 is 4.57 Å². The zero-order valence-electron chi connectivity index (χ0n) is 25.3. The minimum Gasteiger partial charge on any atom is -0.309 e. The molecule has 220 valence electrons. The smallest absolute Gasteiger partial charge is 0.0725 e. The predicted octanol–water partition coefficient (Wildman–Crippen LogP) is 10.2. The van der Waals surface area contributed by atoms with E-state index in [0.29, 0.717) is 0 Å². The van der Waals surface area contributed by atoms with E-state index in [1.54, 1.807) is 12.4 Å². The molecule has 0 fully saturated rings. The standard InChI is InChI=1S/C42H27N5/c1-2-8-29-23-34(18-15-28(29)7-1)47-41-24-30(37-11-3-13-39(45-37)32-9-5-21-43-26-32)16-19-35(41)36-20-17-31(25-42(36)47)38-12-4-14-40(46-38)33-10-6-22-44-27-33/h1-27H. The quantitative estimate of drug-likeness (QED) is 0.197. The van der Waals surface area contributed by atoms with Gasteiger partial charge in [0.15, 0.2) is 0 Å². The monoisotopic (exact) mass is 601 g/mol. The van der Waals surface area contributed by atoms with Crippen molar-refractivity contribution in [1.29, 1.82) is 0 Å². The molecule has 0 radical (unpaired) electrons. The van der Waals surface area contributed by atoms with Crippen molar-refractivity contribution in [3.8, 4) is 50.7 Å². The van der Waals surface area contributed by atoms with Crippen LogP contribution in [0.4, 0.5) is 0 Å². The molecular formula is C42H27N5. The van der Waals surface area contributed by atoms with Gasteiger partial charge >= 0.3 is 0 Å². The van der Waals surface area contributed by atoms with E-state index in [-0.39, 0.29) is 0 Å². The number of pyridine rings is 4. The van der Waals surface area contributed by atoms with E-state index in [1.165, 1.54) is 21.5 Å². The molecule has 5 heteroatoms. The van der Waals surface area contributed by atoms with Gasteiger partial charge in [-0.25, -0.2) is 9.97 Å². The number of rotatable bonds is 5. The molecule has 4 aromatic carbocycles. The Morgan fingerprint density at radius 1 is 0.383 bits per heavy atom. The van der Waals surface area contributed by atoms with Crippen molar-refractivity contribution >= 4 is 32.6 Å². The molecule has 0 N–H and O–H groups in total. The molecule has 0 aliphatic carbocycles. The van der Waals surface area contributed by atoms with Gasteiger partial charge in [-0.3, -0.25) is 9.97 Å². The Kier molecular flexibility index (Phi) is 6.39. The first-order valence-electron chi connectivity index (χ1n) is 15.6. The minimum absolute atomic E-state index is 0.899. The molecule has 9 aromatic rings. The predicted molar refractivity (Wildman–Crippen MR) is 191 cm³/mol. The highest BCUT2D eigenvalue weighted by Crippen LogP contribution is 2.37. The number of hydrogen-bond acceptors (Lipinski definition) is 4. The molecule has 5 nitrogen and oxygen atoms in total. The number of aromatic nitrogens is 5. The van der Waals surface area contributed by atoms with E-state index in [1.807, 2.05) is 48.8 Å². The van der Waals surface area contributed by atoms with Crippen LogP contribution in [0.25, 0.3) is 83.3 Å². The largest absolute Gasteiger partial charge is 0.309 e. The van der Waals surface area contributed by atoms with Crippen molar-refractivity contribution in [2.24, 2.45) is 0 Å². The summed E-state index contributed by atoms with van der Waals surface area (Å²) in [7, 11) is 0. The molecule has 0 saturated carbocycles. The highest BCUT2D eigenvalue weighted by molar-refractivity contribution is 6.11. The first-order chi connectivity index (χ1) is 23.3. The first kappa shape index (κ1) is 26.9. The van der Waals surface area contributed by atoms with Crippen LogP contribution in [0.3, 0.4) is 0 Å². The summed E-state index contributed by atoms with van der Waals surface area (Å²) in [5.74, 6) is 0. The summed E-state index contributed by atoms with van der Waals surface area (Å²) < 4.78 is 2.38. The third kappa shape index (κ3) is 4.82. The van der Waals surface area contributed by atoms with Crippen molar-refractivity contribution in [2.75, 3.05) is 0 Å². The van der Waals surface area contributed by atoms with E-state index >= 15 is 0 Å². The van der Waals surface area contributed by atoms with E-state index in [4.69, 9.17) is 9.97 Å². The Hall–Kier alpha value is -6.46. The lowest BCUT2D eigenvalue weighted by molar-refractivity contribution is 1.18. The topological polar surface area (TPSA) is 56.5 Å². The lowest BCUT2D eigenvalue weighted by Gasteiger charge is -2.11. The number of benzene rings is 4. The van der Waals surface area contributed by atoms with Crippen molar-refractivity contribution in [1.82, 2.24) is 24.5 Å². The second kappa shape index (κ2) is 11.2. The van der Waals surface area contributed by atoms with E-state index in [9.17, 15) is 0 Å². The molecule has 0 amide bonds. The fraction of sp³-hybridized carbons (Fsp3) is 0. The summed E-state index contributed by atoms with van der Waals surface area (Å²) >= 11 is 0. The maximum Gasteiger partial charge on any atom is 0.0725 e. The zero-order chi connectivity index (χ0) is 31.2. The van der Waals surface area contributed by atoms with Gasteiger partial charge in [-0.2, -0.15) is 0 Å². The molecule has 0 atom stereocenters. The molecule has 5 aromatic heterocycles. The average Bonchev–Trinajstić information content (AvgIpc) is 3.48. The molecule has 0 unspecified atom stereocenters. The van der Waals surface area contributed by atoms with E-state index in [2.05, 4.69) is 118 Å². The fourth-order valence-corrected chi connectivity index (χ4v) is 6.47. The summed E-state index contributed by atoms with van der Waals surface area (Å²) in [5.41, 5.74) is 11.1. The van der Waals surface area contributed by atoms with Gasteiger partial charge in [0, 0.05) is 63.5 Å². The van der Waals surface area contributed by atoms with Crippen LogP contribution in [0.5, 0.6) is 0 Å². The molecule has 47 heavy (non-hydrogen) atoms. The van der Waals surface area contributed by atoms with Crippen molar-refractivity contribution in [3.63, 3.8) is 0 Å². The molecular weight excluding hydrogens is 574 g/mol. The van der Waals surface area contributed by atoms with Crippen LogP contribution in [-0.2, 0) is 0 Å². The van der Waals surface area contributed by atoms with E-state index < -0.39 is 0 Å². The molecule has 0 saturated heterocycles. The van der Waals surface area contributed by atoms with Gasteiger partial charge in [-0.15, -0.1) is 0 Å². The van der Waals surface area contributed by atoms with Crippen molar-refractivity contribution in [2.45, 2.75) is 0 Å². The highest BCUT2D eigenvalue weighted by Gasteiger charge is 2.16. The summed E-state index contributed by atoms with van der Waals surface area (Å²) in [6.07, 6.45) is 7.27. The molecule has 0 spiro atoms. The molecule has 0 aliphatic heterocycles. The molecule has 9 rings (SSSR count). The van der Waals surface area contributed by atoms with Crippen LogP contribution in [0, 0.1) is 0 Å². The Labute approximate surface area is 271 Å². The average molecular weight is 602 g/mol. The van der Waals surface area contributed by atoms with Crippen LogP contribution in [-0.4, -0.2) is 24.5 Å². The van der Waals surface area contributed by atoms with Crippen LogP contribution >= 0.6 is 0 Å². The lowest BCUT2D eigenvalue weighted by Crippen LogP contribution is -1.95. The van der Waals surface area contributed by atoms with Crippen molar-refractivity contribution < 1.29 is 0 Å². The van der Waals surface area contributed by atoms with Crippen LogP contribution in [0.2, 0.25) is 0 Å². The molecule has 0 aliphatic rings. The maximum atomic E-state index is 5.04. The summed E-state index contributed by atoms with van der Waals surface area (Å²) in [4.78, 5) is 18.7. The van der Waals surface area contributed by atoms with Crippen LogP contribution in [0.1, 0.15) is 0 Å². The van der Waals surface area contributed by atoms with Gasteiger partial charge in [-0.05, 0) is 83.6 Å². The summed E-state index contributed by atoms with van der Waals surface area (Å²) in [6, 6.07) is 48.8. The fourth-order valence-electron chi connectivity index (χ4n) is 6.47.